The Kier molecular flexibility index (Phi) is 36.1. The topological polar surface area (TPSA) is 132 Å². The predicted octanol–water partition coefficient (Wildman–Crippen LogP) is 1.48. The fraction of sp³-hybridized carbons (Fsp3) is 0.818. The van der Waals surface area contributed by atoms with Gasteiger partial charge in [-0.3, -0.25) is 0 Å². The number of ether oxygens (including phenoxy) is 13. The van der Waals surface area contributed by atoms with E-state index >= 15 is 0 Å². The van der Waals surface area contributed by atoms with E-state index in [9.17, 15) is 0 Å². The Morgan fingerprint density at radius 2 is 0.553 bits per heavy atom. The molecule has 0 unspecified atom stereocenters. The third kappa shape index (κ3) is 35.6. The van der Waals surface area contributed by atoms with Gasteiger partial charge in [-0.2, -0.15) is 0 Å². The van der Waals surface area contributed by atoms with Crippen LogP contribution in [0.15, 0.2) is 30.3 Å². The van der Waals surface area contributed by atoms with Crippen LogP contribution < -0.4 is 10.1 Å². The Hall–Kier alpha value is -1.50. The first-order chi connectivity index (χ1) is 23.4. The molecule has 14 nitrogen and oxygen atoms in total. The zero-order valence-corrected chi connectivity index (χ0v) is 28.6. The summed E-state index contributed by atoms with van der Waals surface area (Å²) in [4.78, 5) is 0. The van der Waals surface area contributed by atoms with Crippen molar-refractivity contribution in [1.82, 2.24) is 5.32 Å². The lowest BCUT2D eigenvalue weighted by molar-refractivity contribution is -0.0285. The molecule has 0 aliphatic rings. The van der Waals surface area contributed by atoms with Gasteiger partial charge in [-0.05, 0) is 19.2 Å². The molecule has 1 aromatic carbocycles. The smallest absolute Gasteiger partial charge is 0.119 e. The second-order valence-corrected chi connectivity index (χ2v) is 9.61. The van der Waals surface area contributed by atoms with Gasteiger partial charge in [0, 0.05) is 6.54 Å². The van der Waals surface area contributed by atoms with Crippen LogP contribution in [0, 0.1) is 0 Å². The van der Waals surface area contributed by atoms with Crippen molar-refractivity contribution >= 4 is 0 Å². The Morgan fingerprint density at radius 1 is 0.319 bits per heavy atom. The van der Waals surface area contributed by atoms with Crippen LogP contribution in [0.4, 0.5) is 0 Å². The van der Waals surface area contributed by atoms with E-state index in [4.69, 9.17) is 61.6 Å². The van der Waals surface area contributed by atoms with Gasteiger partial charge < -0.3 is 66.9 Å². The van der Waals surface area contributed by atoms with E-state index < -0.39 is 0 Å². The molecule has 0 spiro atoms. The normalized spacial score (nSPS) is 11.4. The molecule has 0 saturated carbocycles. The summed E-state index contributed by atoms with van der Waals surface area (Å²) < 4.78 is 71.1. The first-order valence-corrected chi connectivity index (χ1v) is 16.7. The fourth-order valence-electron chi connectivity index (χ4n) is 3.43. The third-order valence-electron chi connectivity index (χ3n) is 5.83. The maximum absolute atomic E-state index is 5.55. The summed E-state index contributed by atoms with van der Waals surface area (Å²) in [5.74, 6) is 0.844. The Bertz CT molecular complexity index is 708. The van der Waals surface area contributed by atoms with Crippen LogP contribution in [0.25, 0.3) is 0 Å². The van der Waals surface area contributed by atoms with Gasteiger partial charge in [-0.15, -0.1) is 0 Å². The number of nitrogens with one attached hydrogen (secondary N) is 1. The highest BCUT2D eigenvalue weighted by Crippen LogP contribution is 2.07. The lowest BCUT2D eigenvalue weighted by Gasteiger charge is -2.09. The second-order valence-electron chi connectivity index (χ2n) is 9.61. The van der Waals surface area contributed by atoms with E-state index in [0.717, 1.165) is 12.3 Å². The molecule has 0 heterocycles. The van der Waals surface area contributed by atoms with E-state index in [1.165, 1.54) is 0 Å². The molecule has 0 radical (unpaired) electrons. The Labute approximate surface area is 281 Å². The van der Waals surface area contributed by atoms with Gasteiger partial charge in [0.15, 0.2) is 0 Å². The molecule has 0 bridgehead atoms. The lowest BCUT2D eigenvalue weighted by atomic mass is 10.3. The molecule has 1 aromatic rings. The average Bonchev–Trinajstić information content (AvgIpc) is 3.09. The van der Waals surface area contributed by atoms with Crippen molar-refractivity contribution in [3.63, 3.8) is 0 Å². The summed E-state index contributed by atoms with van der Waals surface area (Å²) in [7, 11) is 1.90. The third-order valence-corrected chi connectivity index (χ3v) is 5.83. The molecule has 0 amide bonds. The van der Waals surface area contributed by atoms with Gasteiger partial charge in [-0.25, -0.2) is 0 Å². The number of para-hydroxylation sites is 1. The lowest BCUT2D eigenvalue weighted by Crippen LogP contribution is -2.17. The minimum Gasteiger partial charge on any atom is -0.491 e. The van der Waals surface area contributed by atoms with Gasteiger partial charge in [0.2, 0.25) is 0 Å². The minimum atomic E-state index is 0.510. The van der Waals surface area contributed by atoms with Crippen molar-refractivity contribution in [1.29, 1.82) is 0 Å². The first kappa shape index (κ1) is 43.5. The monoisotopic (exact) mass is 679 g/mol. The number of hydrogen-bond donors (Lipinski definition) is 1. The summed E-state index contributed by atoms with van der Waals surface area (Å²) in [6.07, 6.45) is 0. The van der Waals surface area contributed by atoms with Gasteiger partial charge in [-0.1, -0.05) is 18.2 Å². The van der Waals surface area contributed by atoms with E-state index in [1.54, 1.807) is 0 Å². The molecule has 0 aromatic heterocycles. The highest BCUT2D eigenvalue weighted by Gasteiger charge is 1.97. The molecule has 1 rings (SSSR count). The van der Waals surface area contributed by atoms with Crippen molar-refractivity contribution < 1.29 is 61.6 Å². The molecule has 0 aliphatic heterocycles. The Balaban J connectivity index is 1.60. The molecule has 14 heteroatoms. The average molecular weight is 680 g/mol. The molecule has 1 N–H and O–H groups in total. The van der Waals surface area contributed by atoms with Crippen LogP contribution in [0.5, 0.6) is 5.75 Å². The summed E-state index contributed by atoms with van der Waals surface area (Å²) >= 11 is 0. The van der Waals surface area contributed by atoms with Gasteiger partial charge in [0.1, 0.15) is 12.4 Å². The van der Waals surface area contributed by atoms with E-state index in [1.807, 2.05) is 37.4 Å². The van der Waals surface area contributed by atoms with Crippen molar-refractivity contribution in [3.05, 3.63) is 30.3 Å². The fourth-order valence-corrected chi connectivity index (χ4v) is 3.43. The van der Waals surface area contributed by atoms with Gasteiger partial charge >= 0.3 is 0 Å². The predicted molar refractivity (Wildman–Crippen MR) is 176 cm³/mol. The molecular weight excluding hydrogens is 618 g/mol. The van der Waals surface area contributed by atoms with Crippen LogP contribution in [0.3, 0.4) is 0 Å². The van der Waals surface area contributed by atoms with Crippen LogP contribution in [-0.2, 0) is 56.8 Å². The van der Waals surface area contributed by atoms with E-state index in [2.05, 4.69) is 5.32 Å². The number of benzene rings is 1. The van der Waals surface area contributed by atoms with Crippen molar-refractivity contribution in [2.24, 2.45) is 0 Å². The Morgan fingerprint density at radius 3 is 0.809 bits per heavy atom. The number of likely N-dealkylation sites (N-methyl/N-ethyl adjacent to an activating group) is 1. The van der Waals surface area contributed by atoms with Crippen LogP contribution in [0.1, 0.15) is 0 Å². The largest absolute Gasteiger partial charge is 0.491 e. The maximum atomic E-state index is 5.55. The van der Waals surface area contributed by atoms with E-state index in [-0.39, 0.29) is 0 Å². The summed E-state index contributed by atoms with van der Waals surface area (Å²) in [6, 6.07) is 9.67. The van der Waals surface area contributed by atoms with Crippen molar-refractivity contribution in [2.75, 3.05) is 179 Å². The highest BCUT2D eigenvalue weighted by atomic mass is 16.6. The summed E-state index contributed by atoms with van der Waals surface area (Å²) in [6.45, 7) is 14.1. The van der Waals surface area contributed by atoms with E-state index in [0.29, 0.717) is 165 Å². The van der Waals surface area contributed by atoms with Crippen molar-refractivity contribution in [2.45, 2.75) is 0 Å². The van der Waals surface area contributed by atoms with Crippen LogP contribution in [-0.4, -0.2) is 179 Å². The van der Waals surface area contributed by atoms with Crippen LogP contribution in [0.2, 0.25) is 0 Å². The first-order valence-electron chi connectivity index (χ1n) is 16.7. The maximum Gasteiger partial charge on any atom is 0.119 e. The second kappa shape index (κ2) is 38.9. The van der Waals surface area contributed by atoms with Gasteiger partial charge in [0.05, 0.1) is 159 Å². The highest BCUT2D eigenvalue weighted by molar-refractivity contribution is 5.20. The molecule has 0 aliphatic carbocycles. The molecular formula is C33H61NO13. The molecule has 276 valence electrons. The minimum absolute atomic E-state index is 0.510. The van der Waals surface area contributed by atoms with Crippen LogP contribution >= 0.6 is 0 Å². The summed E-state index contributed by atoms with van der Waals surface area (Å²) in [5.41, 5.74) is 0. The molecule has 0 fully saturated rings. The number of hydrogen-bond acceptors (Lipinski definition) is 14. The molecule has 0 saturated heterocycles. The molecule has 0 atom stereocenters. The zero-order chi connectivity index (χ0) is 33.4. The quantitative estimate of drug-likeness (QED) is 0.101. The SMILES string of the molecule is CNCCOCCOCCOCCOCCOCCOCCOCCOCCOCCOCCOCCOCCOc1ccccc1. The zero-order valence-electron chi connectivity index (χ0n) is 28.6. The number of rotatable bonds is 40. The van der Waals surface area contributed by atoms with Crippen molar-refractivity contribution in [3.8, 4) is 5.75 Å². The van der Waals surface area contributed by atoms with Gasteiger partial charge in [0.25, 0.3) is 0 Å². The molecule has 47 heavy (non-hydrogen) atoms. The summed E-state index contributed by atoms with van der Waals surface area (Å²) in [5, 5.41) is 3.02. The standard InChI is InChI=1S/C33H61NO13/c1-34-7-8-35-9-10-36-11-12-37-13-14-38-15-16-39-17-18-40-19-20-41-21-22-42-23-24-43-25-26-44-27-28-45-29-30-46-31-32-47-33-5-3-2-4-6-33/h2-6,34H,7-32H2,1H3.